The average Bonchev–Trinajstić information content (AvgIpc) is 2.55. The number of nitrogens with one attached hydrogen (secondary N) is 2. The number of carbonyl (C=O) groups excluding carboxylic acids is 1. The predicted molar refractivity (Wildman–Crippen MR) is 84.7 cm³/mol. The van der Waals surface area contributed by atoms with Gasteiger partial charge in [-0.05, 0) is 44.6 Å². The first kappa shape index (κ1) is 16.5. The van der Waals surface area contributed by atoms with Crippen molar-refractivity contribution in [2.75, 3.05) is 0 Å². The zero-order valence-corrected chi connectivity index (χ0v) is 13.4. The van der Waals surface area contributed by atoms with Gasteiger partial charge in [0, 0.05) is 24.5 Å². The molecule has 6 nitrogen and oxygen atoms in total. The van der Waals surface area contributed by atoms with E-state index in [-0.39, 0.29) is 24.2 Å². The molecule has 1 fully saturated rings. The van der Waals surface area contributed by atoms with Gasteiger partial charge in [0.05, 0.1) is 0 Å². The fourth-order valence-corrected chi connectivity index (χ4v) is 2.73. The standard InChI is InChI=1S/C16H26N4O2/c1-3-12(4-2)19-15(21)20-13-6-8-14(9-7-13)22-16-17-10-5-11-18-16/h5,10-14H,3-4,6-9H2,1-2H3,(H2,19,20,21). The Morgan fingerprint density at radius 1 is 1.23 bits per heavy atom. The lowest BCUT2D eigenvalue weighted by Crippen LogP contribution is -2.47. The van der Waals surface area contributed by atoms with E-state index < -0.39 is 0 Å². The number of ether oxygens (including phenoxy) is 1. The van der Waals surface area contributed by atoms with Gasteiger partial charge in [-0.1, -0.05) is 13.8 Å². The van der Waals surface area contributed by atoms with Crippen LogP contribution in [0.4, 0.5) is 4.79 Å². The maximum Gasteiger partial charge on any atom is 0.316 e. The average molecular weight is 306 g/mol. The number of hydrogen-bond acceptors (Lipinski definition) is 4. The summed E-state index contributed by atoms with van der Waals surface area (Å²) in [5.74, 6) is 0. The van der Waals surface area contributed by atoms with Gasteiger partial charge in [0.25, 0.3) is 0 Å². The molecule has 1 aliphatic carbocycles. The highest BCUT2D eigenvalue weighted by atomic mass is 16.5. The van der Waals surface area contributed by atoms with E-state index in [2.05, 4.69) is 34.4 Å². The van der Waals surface area contributed by atoms with E-state index >= 15 is 0 Å². The second kappa shape index (κ2) is 8.56. The van der Waals surface area contributed by atoms with Crippen molar-refractivity contribution in [1.82, 2.24) is 20.6 Å². The van der Waals surface area contributed by atoms with Gasteiger partial charge in [0.2, 0.25) is 0 Å². The van der Waals surface area contributed by atoms with Crippen molar-refractivity contribution in [2.24, 2.45) is 0 Å². The van der Waals surface area contributed by atoms with Crippen LogP contribution in [0.1, 0.15) is 52.4 Å². The van der Waals surface area contributed by atoms with Crippen molar-refractivity contribution in [2.45, 2.75) is 70.6 Å². The molecular weight excluding hydrogens is 280 g/mol. The van der Waals surface area contributed by atoms with Crippen LogP contribution in [0, 0.1) is 0 Å². The molecule has 122 valence electrons. The van der Waals surface area contributed by atoms with E-state index in [1.54, 1.807) is 18.5 Å². The molecule has 6 heteroatoms. The van der Waals surface area contributed by atoms with Gasteiger partial charge < -0.3 is 15.4 Å². The van der Waals surface area contributed by atoms with E-state index in [0.29, 0.717) is 6.01 Å². The summed E-state index contributed by atoms with van der Waals surface area (Å²) in [7, 11) is 0. The fourth-order valence-electron chi connectivity index (χ4n) is 2.73. The molecule has 1 aliphatic rings. The normalized spacial score (nSPS) is 21.4. The number of urea groups is 1. The monoisotopic (exact) mass is 306 g/mol. The van der Waals surface area contributed by atoms with Gasteiger partial charge in [0.15, 0.2) is 0 Å². The minimum absolute atomic E-state index is 0.0514. The Kier molecular flexibility index (Phi) is 6.43. The summed E-state index contributed by atoms with van der Waals surface area (Å²) in [6.07, 6.45) is 9.09. The summed E-state index contributed by atoms with van der Waals surface area (Å²) in [5.41, 5.74) is 0. The molecular formula is C16H26N4O2. The number of rotatable bonds is 6. The topological polar surface area (TPSA) is 76.1 Å². The lowest BCUT2D eigenvalue weighted by atomic mass is 9.93. The van der Waals surface area contributed by atoms with E-state index in [4.69, 9.17) is 4.74 Å². The highest BCUT2D eigenvalue weighted by molar-refractivity contribution is 5.74. The molecule has 0 aliphatic heterocycles. The first-order valence-electron chi connectivity index (χ1n) is 8.22. The third-order valence-corrected chi connectivity index (χ3v) is 4.14. The largest absolute Gasteiger partial charge is 0.460 e. The third kappa shape index (κ3) is 5.16. The van der Waals surface area contributed by atoms with Crippen molar-refractivity contribution in [1.29, 1.82) is 0 Å². The molecule has 2 amide bonds. The Bertz CT molecular complexity index is 443. The molecule has 1 aromatic heterocycles. The lowest BCUT2D eigenvalue weighted by molar-refractivity contribution is 0.128. The van der Waals surface area contributed by atoms with Crippen LogP contribution in [0.15, 0.2) is 18.5 Å². The van der Waals surface area contributed by atoms with Gasteiger partial charge in [0.1, 0.15) is 6.10 Å². The van der Waals surface area contributed by atoms with Crippen LogP contribution in [-0.2, 0) is 0 Å². The molecule has 0 spiro atoms. The minimum atomic E-state index is -0.0514. The molecule has 1 saturated carbocycles. The molecule has 22 heavy (non-hydrogen) atoms. The van der Waals surface area contributed by atoms with Crippen LogP contribution < -0.4 is 15.4 Å². The fraction of sp³-hybridized carbons (Fsp3) is 0.688. The minimum Gasteiger partial charge on any atom is -0.460 e. The number of carbonyl (C=O) groups is 1. The van der Waals surface area contributed by atoms with Crippen LogP contribution in [0.2, 0.25) is 0 Å². The van der Waals surface area contributed by atoms with Crippen LogP contribution >= 0.6 is 0 Å². The number of aromatic nitrogens is 2. The molecule has 0 radical (unpaired) electrons. The predicted octanol–water partition coefficient (Wildman–Crippen LogP) is 2.65. The quantitative estimate of drug-likeness (QED) is 0.847. The first-order chi connectivity index (χ1) is 10.7. The van der Waals surface area contributed by atoms with Gasteiger partial charge in [-0.15, -0.1) is 0 Å². The number of nitrogens with zero attached hydrogens (tertiary/aromatic N) is 2. The molecule has 0 saturated heterocycles. The van der Waals surface area contributed by atoms with E-state index in [1.807, 2.05) is 0 Å². The van der Waals surface area contributed by atoms with Crippen molar-refractivity contribution >= 4 is 6.03 Å². The highest BCUT2D eigenvalue weighted by Crippen LogP contribution is 2.21. The Labute approximate surface area is 132 Å². The second-order valence-corrected chi connectivity index (χ2v) is 5.75. The van der Waals surface area contributed by atoms with Gasteiger partial charge in [-0.3, -0.25) is 0 Å². The zero-order chi connectivity index (χ0) is 15.8. The SMILES string of the molecule is CCC(CC)NC(=O)NC1CCC(Oc2ncccn2)CC1. The lowest BCUT2D eigenvalue weighted by Gasteiger charge is -2.29. The summed E-state index contributed by atoms with van der Waals surface area (Å²) >= 11 is 0. The number of amides is 2. The maximum atomic E-state index is 11.9. The highest BCUT2D eigenvalue weighted by Gasteiger charge is 2.24. The Balaban J connectivity index is 1.69. The van der Waals surface area contributed by atoms with E-state index in [1.165, 1.54) is 0 Å². The molecule has 0 atom stereocenters. The first-order valence-corrected chi connectivity index (χ1v) is 8.22. The molecule has 2 N–H and O–H groups in total. The van der Waals surface area contributed by atoms with Crippen molar-refractivity contribution in [3.05, 3.63) is 18.5 Å². The Hall–Kier alpha value is -1.85. The zero-order valence-electron chi connectivity index (χ0n) is 13.4. The second-order valence-electron chi connectivity index (χ2n) is 5.75. The maximum absolute atomic E-state index is 11.9. The molecule has 0 unspecified atom stereocenters. The summed E-state index contributed by atoms with van der Waals surface area (Å²) in [6, 6.07) is 2.64. The summed E-state index contributed by atoms with van der Waals surface area (Å²) < 4.78 is 5.76. The van der Waals surface area contributed by atoms with Crippen molar-refractivity contribution in [3.63, 3.8) is 0 Å². The Morgan fingerprint density at radius 3 is 2.45 bits per heavy atom. The van der Waals surface area contributed by atoms with Crippen LogP contribution in [0.3, 0.4) is 0 Å². The summed E-state index contributed by atoms with van der Waals surface area (Å²) in [5, 5.41) is 6.08. The van der Waals surface area contributed by atoms with Gasteiger partial charge >= 0.3 is 12.0 Å². The summed E-state index contributed by atoms with van der Waals surface area (Å²) in [4.78, 5) is 20.1. The van der Waals surface area contributed by atoms with Gasteiger partial charge in [-0.2, -0.15) is 0 Å². The van der Waals surface area contributed by atoms with E-state index in [9.17, 15) is 4.79 Å². The molecule has 0 aromatic carbocycles. The van der Waals surface area contributed by atoms with Gasteiger partial charge in [-0.25, -0.2) is 14.8 Å². The smallest absolute Gasteiger partial charge is 0.316 e. The molecule has 1 heterocycles. The molecule has 2 rings (SSSR count). The third-order valence-electron chi connectivity index (χ3n) is 4.14. The number of hydrogen-bond donors (Lipinski definition) is 2. The molecule has 0 bridgehead atoms. The summed E-state index contributed by atoms with van der Waals surface area (Å²) in [6.45, 7) is 4.17. The van der Waals surface area contributed by atoms with E-state index in [0.717, 1.165) is 38.5 Å². The van der Waals surface area contributed by atoms with Crippen molar-refractivity contribution in [3.8, 4) is 6.01 Å². The molecule has 1 aromatic rings. The van der Waals surface area contributed by atoms with Crippen LogP contribution in [0.25, 0.3) is 0 Å². The van der Waals surface area contributed by atoms with Crippen molar-refractivity contribution < 1.29 is 9.53 Å². The van der Waals surface area contributed by atoms with Crippen LogP contribution in [0.5, 0.6) is 6.01 Å². The Morgan fingerprint density at radius 2 is 1.86 bits per heavy atom. The van der Waals surface area contributed by atoms with Crippen LogP contribution in [-0.4, -0.2) is 34.2 Å².